The van der Waals surface area contributed by atoms with E-state index in [0.717, 1.165) is 56.4 Å². The van der Waals surface area contributed by atoms with E-state index in [0.29, 0.717) is 32.2 Å². The molecule has 2 unspecified atom stereocenters. The molecule has 12 heteroatoms. The molecular formula is C30H46N6O5S. The molecule has 1 aromatic heterocycles. The van der Waals surface area contributed by atoms with Gasteiger partial charge in [0.05, 0.1) is 11.0 Å². The zero-order valence-corrected chi connectivity index (χ0v) is 25.9. The molecule has 1 aliphatic heterocycles. The van der Waals surface area contributed by atoms with E-state index in [2.05, 4.69) is 20.9 Å². The van der Waals surface area contributed by atoms with Crippen LogP contribution in [-0.4, -0.2) is 69.6 Å². The summed E-state index contributed by atoms with van der Waals surface area (Å²) < 4.78 is 0. The van der Waals surface area contributed by atoms with E-state index < -0.39 is 52.7 Å². The standard InChI is InChI=1S/C30H46N6O5S/c1-29(2,3)24(34-28(41)35-30(12-5-4-6-13-30)18-22-32-14-16-42-22)27(40)36-15-8-11-21(36)26(39)33-20(23(37)25(31)38)17-19-9-7-10-19/h14,16,19-21,24H,4-13,15,17-18H2,1-3H3,(H2,31,38)(H,33,39)(H2,34,35,41)/t20?,21-,24?/m0/s1. The van der Waals surface area contributed by atoms with Crippen LogP contribution < -0.4 is 21.7 Å². The van der Waals surface area contributed by atoms with Crippen LogP contribution in [0.2, 0.25) is 0 Å². The molecule has 2 heterocycles. The fraction of sp³-hybridized carbons (Fsp3) is 0.733. The zero-order valence-electron chi connectivity index (χ0n) is 25.1. The van der Waals surface area contributed by atoms with Gasteiger partial charge in [-0.05, 0) is 43.4 Å². The Bertz CT molecular complexity index is 1140. The first kappa shape index (κ1) is 31.9. The summed E-state index contributed by atoms with van der Waals surface area (Å²) in [6.45, 7) is 6.01. The number of hydrogen-bond acceptors (Lipinski definition) is 7. The van der Waals surface area contributed by atoms with E-state index in [-0.39, 0.29) is 11.8 Å². The number of hydrogen-bond donors (Lipinski definition) is 4. The molecule has 3 fully saturated rings. The van der Waals surface area contributed by atoms with Crippen LogP contribution in [0.5, 0.6) is 0 Å². The molecule has 2 aliphatic carbocycles. The van der Waals surface area contributed by atoms with Crippen molar-refractivity contribution in [1.82, 2.24) is 25.8 Å². The number of nitrogens with one attached hydrogen (secondary N) is 3. The number of amides is 5. The second kappa shape index (κ2) is 13.5. The van der Waals surface area contributed by atoms with Crippen LogP contribution in [0.15, 0.2) is 11.6 Å². The lowest BCUT2D eigenvalue weighted by Gasteiger charge is -2.40. The Morgan fingerprint density at radius 2 is 1.76 bits per heavy atom. The van der Waals surface area contributed by atoms with Crippen LogP contribution in [0.25, 0.3) is 0 Å². The molecule has 3 aliphatic rings. The number of nitrogens with zero attached hydrogens (tertiary/aromatic N) is 2. The minimum atomic E-state index is -1.08. The lowest BCUT2D eigenvalue weighted by atomic mass is 9.79. The molecule has 1 saturated heterocycles. The molecule has 5 amide bonds. The topological polar surface area (TPSA) is 164 Å². The van der Waals surface area contributed by atoms with Crippen molar-refractivity contribution in [2.24, 2.45) is 17.1 Å². The minimum Gasteiger partial charge on any atom is -0.363 e. The molecule has 1 aromatic rings. The fourth-order valence-corrected chi connectivity index (χ4v) is 7.22. The van der Waals surface area contributed by atoms with Crippen LogP contribution in [0.4, 0.5) is 4.79 Å². The molecule has 5 N–H and O–H groups in total. The highest BCUT2D eigenvalue weighted by Gasteiger charge is 2.44. The van der Waals surface area contributed by atoms with Crippen molar-refractivity contribution in [3.05, 3.63) is 16.6 Å². The third kappa shape index (κ3) is 7.87. The van der Waals surface area contributed by atoms with E-state index in [1.165, 1.54) is 4.90 Å². The molecule has 0 aromatic carbocycles. The molecule has 4 rings (SSSR count). The van der Waals surface area contributed by atoms with E-state index in [4.69, 9.17) is 5.73 Å². The second-order valence-electron chi connectivity index (χ2n) is 13.4. The Hall–Kier alpha value is -3.02. The van der Waals surface area contributed by atoms with Crippen LogP contribution in [-0.2, 0) is 25.6 Å². The van der Waals surface area contributed by atoms with Gasteiger partial charge in [0.2, 0.25) is 17.6 Å². The van der Waals surface area contributed by atoms with Gasteiger partial charge in [0.1, 0.15) is 12.1 Å². The van der Waals surface area contributed by atoms with Gasteiger partial charge in [0.15, 0.2) is 0 Å². The molecule has 42 heavy (non-hydrogen) atoms. The summed E-state index contributed by atoms with van der Waals surface area (Å²) in [6, 6.07) is -3.09. The van der Waals surface area contributed by atoms with Gasteiger partial charge >= 0.3 is 6.03 Å². The van der Waals surface area contributed by atoms with Crippen molar-refractivity contribution >= 4 is 40.9 Å². The number of nitrogens with two attached hydrogens (primary N) is 1. The normalized spacial score (nSPS) is 22.0. The van der Waals surface area contributed by atoms with Gasteiger partial charge in [-0.15, -0.1) is 11.3 Å². The number of primary amides is 1. The molecular weight excluding hydrogens is 556 g/mol. The van der Waals surface area contributed by atoms with Crippen molar-refractivity contribution in [3.8, 4) is 0 Å². The Labute approximate surface area is 252 Å². The summed E-state index contributed by atoms with van der Waals surface area (Å²) in [6.07, 6.45) is 11.6. The number of thiazole rings is 1. The third-order valence-electron chi connectivity index (χ3n) is 9.06. The van der Waals surface area contributed by atoms with E-state index in [9.17, 15) is 24.0 Å². The van der Waals surface area contributed by atoms with Gasteiger partial charge in [0, 0.05) is 30.1 Å². The van der Waals surface area contributed by atoms with Gasteiger partial charge < -0.3 is 26.6 Å². The highest BCUT2D eigenvalue weighted by atomic mass is 32.1. The SMILES string of the molecule is CC(C)(C)C(NC(=O)NC1(Cc2nccs2)CCCCC1)C(=O)N1CCC[C@H]1C(=O)NC(CC1CCC1)C(=O)C(N)=O. The molecule has 11 nitrogen and oxygen atoms in total. The fourth-order valence-electron chi connectivity index (χ4n) is 6.46. The summed E-state index contributed by atoms with van der Waals surface area (Å²) >= 11 is 1.57. The third-order valence-corrected chi connectivity index (χ3v) is 9.84. The Kier molecular flexibility index (Phi) is 10.3. The van der Waals surface area contributed by atoms with Gasteiger partial charge in [0.25, 0.3) is 5.91 Å². The molecule has 232 valence electrons. The lowest BCUT2D eigenvalue weighted by Crippen LogP contribution is -2.62. The smallest absolute Gasteiger partial charge is 0.315 e. The maximum Gasteiger partial charge on any atom is 0.315 e. The predicted molar refractivity (Wildman–Crippen MR) is 159 cm³/mol. The molecule has 0 bridgehead atoms. The molecule has 0 spiro atoms. The maximum absolute atomic E-state index is 14.0. The van der Waals surface area contributed by atoms with E-state index in [1.54, 1.807) is 17.5 Å². The predicted octanol–water partition coefficient (Wildman–Crippen LogP) is 2.82. The quantitative estimate of drug-likeness (QED) is 0.285. The summed E-state index contributed by atoms with van der Waals surface area (Å²) in [4.78, 5) is 71.0. The van der Waals surface area contributed by atoms with Gasteiger partial charge in [-0.1, -0.05) is 59.3 Å². The highest BCUT2D eigenvalue weighted by molar-refractivity contribution is 7.09. The van der Waals surface area contributed by atoms with Gasteiger partial charge in [-0.3, -0.25) is 19.2 Å². The van der Waals surface area contributed by atoms with Crippen molar-refractivity contribution < 1.29 is 24.0 Å². The summed E-state index contributed by atoms with van der Waals surface area (Å²) in [7, 11) is 0. The molecule has 0 radical (unpaired) electrons. The number of carbonyl (C=O) groups is 5. The number of likely N-dealkylation sites (tertiary alicyclic amines) is 1. The summed E-state index contributed by atoms with van der Waals surface area (Å²) in [5.74, 6) is -2.44. The number of aromatic nitrogens is 1. The Morgan fingerprint density at radius 1 is 1.05 bits per heavy atom. The summed E-state index contributed by atoms with van der Waals surface area (Å²) in [5, 5.41) is 11.8. The maximum atomic E-state index is 14.0. The van der Waals surface area contributed by atoms with Gasteiger partial charge in [-0.2, -0.15) is 0 Å². The zero-order chi connectivity index (χ0) is 30.5. The first-order chi connectivity index (χ1) is 19.9. The van der Waals surface area contributed by atoms with Crippen LogP contribution in [0, 0.1) is 11.3 Å². The second-order valence-corrected chi connectivity index (χ2v) is 14.3. The van der Waals surface area contributed by atoms with Crippen molar-refractivity contribution in [3.63, 3.8) is 0 Å². The van der Waals surface area contributed by atoms with Crippen LogP contribution in [0.1, 0.15) is 96.4 Å². The number of Topliss-reactive ketones (excluding diaryl/α,β-unsaturated/α-hetero) is 1. The van der Waals surface area contributed by atoms with Crippen molar-refractivity contribution in [1.29, 1.82) is 0 Å². The number of rotatable bonds is 11. The van der Waals surface area contributed by atoms with Crippen LogP contribution >= 0.6 is 11.3 Å². The largest absolute Gasteiger partial charge is 0.363 e. The van der Waals surface area contributed by atoms with Crippen molar-refractivity contribution in [2.75, 3.05) is 6.54 Å². The van der Waals surface area contributed by atoms with Gasteiger partial charge in [-0.25, -0.2) is 9.78 Å². The first-order valence-electron chi connectivity index (χ1n) is 15.3. The monoisotopic (exact) mass is 602 g/mol. The minimum absolute atomic E-state index is 0.260. The van der Waals surface area contributed by atoms with E-state index in [1.807, 2.05) is 26.2 Å². The average Bonchev–Trinajstić information content (AvgIpc) is 3.60. The van der Waals surface area contributed by atoms with Crippen molar-refractivity contribution in [2.45, 2.75) is 121 Å². The number of carbonyl (C=O) groups excluding carboxylic acids is 5. The average molecular weight is 603 g/mol. The highest BCUT2D eigenvalue weighted by Crippen LogP contribution is 2.33. The molecule has 2 saturated carbocycles. The molecule has 3 atom stereocenters. The lowest BCUT2D eigenvalue weighted by molar-refractivity contribution is -0.143. The Balaban J connectivity index is 1.45. The number of urea groups is 1. The summed E-state index contributed by atoms with van der Waals surface area (Å²) in [5.41, 5.74) is 4.21. The Morgan fingerprint density at radius 3 is 2.33 bits per heavy atom. The van der Waals surface area contributed by atoms with E-state index >= 15 is 0 Å². The van der Waals surface area contributed by atoms with Crippen LogP contribution in [0.3, 0.4) is 0 Å². The first-order valence-corrected chi connectivity index (χ1v) is 16.2. The number of ketones is 1.